The molecule has 0 aliphatic carbocycles. The van der Waals surface area contributed by atoms with E-state index in [-0.39, 0.29) is 0 Å². The Morgan fingerprint density at radius 3 is 0.975 bits per heavy atom. The number of hydrogen-bond donors (Lipinski definition) is 0. The Hall–Kier alpha value is -8.86. The molecule has 4 nitrogen and oxygen atoms in total. The lowest BCUT2D eigenvalue weighted by atomic mass is 9.87. The van der Waals surface area contributed by atoms with Crippen LogP contribution in [0.5, 0.6) is 11.5 Å². The second-order valence-electron chi connectivity index (χ2n) is 21.9. The Kier molecular flexibility index (Phi) is 13.6. The maximum absolute atomic E-state index is 6.13. The van der Waals surface area contributed by atoms with Crippen LogP contribution in [0.4, 0.5) is 34.1 Å². The van der Waals surface area contributed by atoms with Crippen molar-refractivity contribution < 1.29 is 9.47 Å². The molecule has 13 rings (SSSR count). The summed E-state index contributed by atoms with van der Waals surface area (Å²) in [7, 11) is 0. The lowest BCUT2D eigenvalue weighted by Gasteiger charge is -2.27. The highest BCUT2D eigenvalue weighted by atomic mass is 16.5. The molecule has 0 amide bonds. The maximum atomic E-state index is 6.13. The summed E-state index contributed by atoms with van der Waals surface area (Å²) >= 11 is 0. The van der Waals surface area contributed by atoms with Crippen molar-refractivity contribution in [1.29, 1.82) is 0 Å². The summed E-state index contributed by atoms with van der Waals surface area (Å²) in [6.07, 6.45) is 4.11. The average Bonchev–Trinajstić information content (AvgIpc) is 4.23. The zero-order chi connectivity index (χ0) is 54.4. The minimum absolute atomic E-state index is 0.476. The summed E-state index contributed by atoms with van der Waals surface area (Å²) in [4.78, 5) is 4.89. The molecule has 13 aromatic carbocycles. The van der Waals surface area contributed by atoms with Crippen molar-refractivity contribution in [2.45, 2.75) is 79.1 Å². The molecule has 394 valence electrons. The third kappa shape index (κ3) is 8.61. The van der Waals surface area contributed by atoms with E-state index in [0.717, 1.165) is 71.3 Å². The third-order valence-electron chi connectivity index (χ3n) is 17.0. The molecule has 0 bridgehead atoms. The highest BCUT2D eigenvalue weighted by Crippen LogP contribution is 2.58. The maximum Gasteiger partial charge on any atom is 0.119 e. The van der Waals surface area contributed by atoms with E-state index in [1.165, 1.54) is 98.0 Å². The number of anilines is 6. The quantitative estimate of drug-likeness (QED) is 0.0855. The van der Waals surface area contributed by atoms with Crippen molar-refractivity contribution in [3.63, 3.8) is 0 Å². The van der Waals surface area contributed by atoms with Gasteiger partial charge in [0.05, 0.1) is 24.6 Å². The van der Waals surface area contributed by atoms with Crippen LogP contribution in [0, 0.1) is 0 Å². The molecule has 0 aliphatic rings. The largest absolute Gasteiger partial charge is 0.494 e. The molecular weight excluding hydrogens is 973 g/mol. The number of rotatable bonds is 18. The van der Waals surface area contributed by atoms with Gasteiger partial charge in [-0.1, -0.05) is 175 Å². The summed E-state index contributed by atoms with van der Waals surface area (Å²) in [6.45, 7) is 14.8. The molecule has 0 spiro atoms. The molecule has 2 unspecified atom stereocenters. The first kappa shape index (κ1) is 50.6. The molecule has 0 fully saturated rings. The van der Waals surface area contributed by atoms with Gasteiger partial charge in [0.2, 0.25) is 0 Å². The molecule has 13 aromatic rings. The van der Waals surface area contributed by atoms with Gasteiger partial charge < -0.3 is 19.3 Å². The lowest BCUT2D eigenvalue weighted by molar-refractivity contribution is 0.317. The minimum atomic E-state index is 0.476. The Bertz CT molecular complexity index is 3950. The zero-order valence-corrected chi connectivity index (χ0v) is 46.9. The molecule has 4 heteroatoms. The van der Waals surface area contributed by atoms with Gasteiger partial charge in [-0.25, -0.2) is 0 Å². The summed E-state index contributed by atoms with van der Waals surface area (Å²) in [6, 6.07) is 81.7. The Labute approximate surface area is 471 Å². The van der Waals surface area contributed by atoms with E-state index >= 15 is 0 Å². The monoisotopic (exact) mass is 1040 g/mol. The molecule has 0 saturated carbocycles. The van der Waals surface area contributed by atoms with Gasteiger partial charge in [-0.15, -0.1) is 0 Å². The van der Waals surface area contributed by atoms with Crippen LogP contribution in [0.2, 0.25) is 0 Å². The fourth-order valence-corrected chi connectivity index (χ4v) is 12.7. The molecule has 2 atom stereocenters. The van der Waals surface area contributed by atoms with E-state index in [1.54, 1.807) is 0 Å². The Balaban J connectivity index is 1.11. The normalized spacial score (nSPS) is 12.6. The SMILES string of the molecule is CCCOc1ccc(N(c2ccc(C(C)CC)cc2)c2ccc3c4c(-c5ccccc5)c5c6ccc(N(c7ccc(OCCC)cc7)c7ccc(C(C)CC)cc7)c7cccc(c5c(-c5ccccc5)c4c4cccc2c43)c76)cc1. The van der Waals surface area contributed by atoms with Crippen LogP contribution in [0.25, 0.3) is 86.9 Å². The van der Waals surface area contributed by atoms with Crippen LogP contribution >= 0.6 is 0 Å². The van der Waals surface area contributed by atoms with E-state index in [9.17, 15) is 0 Å². The second-order valence-corrected chi connectivity index (χ2v) is 21.9. The number of benzene rings is 11. The fourth-order valence-electron chi connectivity index (χ4n) is 12.7. The van der Waals surface area contributed by atoms with Gasteiger partial charge in [0.1, 0.15) is 11.5 Å². The third-order valence-corrected chi connectivity index (χ3v) is 17.0. The van der Waals surface area contributed by atoms with Crippen LogP contribution in [-0.2, 0) is 0 Å². The Morgan fingerprint density at radius 1 is 0.312 bits per heavy atom. The first-order valence-corrected chi connectivity index (χ1v) is 29.1. The van der Waals surface area contributed by atoms with E-state index < -0.39 is 0 Å². The van der Waals surface area contributed by atoms with Gasteiger partial charge in [0.25, 0.3) is 0 Å². The molecule has 0 N–H and O–H groups in total. The van der Waals surface area contributed by atoms with Crippen LogP contribution in [0.3, 0.4) is 0 Å². The summed E-state index contributed by atoms with van der Waals surface area (Å²) in [5, 5.41) is 15.1. The molecule has 0 radical (unpaired) electrons. The van der Waals surface area contributed by atoms with Crippen molar-refractivity contribution in [2.24, 2.45) is 0 Å². The highest BCUT2D eigenvalue weighted by Gasteiger charge is 2.30. The van der Waals surface area contributed by atoms with Gasteiger partial charge in [-0.2, -0.15) is 0 Å². The number of nitrogens with zero attached hydrogens (tertiary/aromatic N) is 2. The summed E-state index contributed by atoms with van der Waals surface area (Å²) in [5.74, 6) is 2.72. The first-order valence-electron chi connectivity index (χ1n) is 29.1. The number of ether oxygens (including phenoxy) is 2. The molecular formula is C76H68N2O2. The minimum Gasteiger partial charge on any atom is -0.494 e. The van der Waals surface area contributed by atoms with Gasteiger partial charge in [-0.05, 0) is 210 Å². The van der Waals surface area contributed by atoms with Gasteiger partial charge in [0.15, 0.2) is 0 Å². The van der Waals surface area contributed by atoms with Crippen LogP contribution in [-0.4, -0.2) is 13.2 Å². The molecule has 0 aromatic heterocycles. The van der Waals surface area contributed by atoms with E-state index in [4.69, 9.17) is 9.47 Å². The Morgan fingerprint density at radius 2 is 0.637 bits per heavy atom. The molecule has 0 aliphatic heterocycles. The average molecular weight is 1040 g/mol. The van der Waals surface area contributed by atoms with Crippen molar-refractivity contribution in [1.82, 2.24) is 0 Å². The predicted molar refractivity (Wildman–Crippen MR) is 343 cm³/mol. The van der Waals surface area contributed by atoms with Gasteiger partial charge in [-0.3, -0.25) is 0 Å². The smallest absolute Gasteiger partial charge is 0.119 e. The number of hydrogen-bond acceptors (Lipinski definition) is 4. The van der Waals surface area contributed by atoms with Crippen LogP contribution < -0.4 is 19.3 Å². The van der Waals surface area contributed by atoms with Crippen molar-refractivity contribution >= 4 is 98.8 Å². The molecule has 0 heterocycles. The zero-order valence-electron chi connectivity index (χ0n) is 46.9. The number of fused-ring (bicyclic) bond motifs is 6. The molecule has 0 saturated heterocycles. The van der Waals surface area contributed by atoms with Gasteiger partial charge in [0, 0.05) is 33.5 Å². The molecule has 80 heavy (non-hydrogen) atoms. The lowest BCUT2D eigenvalue weighted by Crippen LogP contribution is -2.11. The van der Waals surface area contributed by atoms with Gasteiger partial charge >= 0.3 is 0 Å². The summed E-state index contributed by atoms with van der Waals surface area (Å²) in [5.41, 5.74) is 14.3. The van der Waals surface area contributed by atoms with E-state index in [2.05, 4.69) is 270 Å². The van der Waals surface area contributed by atoms with E-state index in [0.29, 0.717) is 25.0 Å². The standard InChI is InChI=1S/C76H68N2O2/c1-7-47-79-59-39-35-57(36-40-59)77(55-31-27-51(28-32-55)49(5)9-3)67-45-43-65-71-61(67)23-17-25-63(71)73-69(53-19-13-11-14-20-53)74-64-26-18-24-62-68(46-44-66(72(62)64)76(74)70(75(65)73)54-21-15-12-16-22-54)78(56-33-29-52(30-34-56)50(6)10-4)58-37-41-60(42-38-58)80-48-8-2/h11-46,49-50H,7-10,47-48H2,1-6H3. The fraction of sp³-hybridized carbons (Fsp3) is 0.184. The van der Waals surface area contributed by atoms with Crippen molar-refractivity contribution in [2.75, 3.05) is 23.0 Å². The van der Waals surface area contributed by atoms with E-state index in [1.807, 2.05) is 0 Å². The van der Waals surface area contributed by atoms with Crippen molar-refractivity contribution in [3.8, 4) is 33.8 Å². The van der Waals surface area contributed by atoms with Crippen molar-refractivity contribution in [3.05, 3.63) is 230 Å². The predicted octanol–water partition coefficient (Wildman–Crippen LogP) is 22.4. The summed E-state index contributed by atoms with van der Waals surface area (Å²) < 4.78 is 12.3. The van der Waals surface area contributed by atoms with Crippen LogP contribution in [0.15, 0.2) is 218 Å². The highest BCUT2D eigenvalue weighted by molar-refractivity contribution is 6.47. The topological polar surface area (TPSA) is 24.9 Å². The second kappa shape index (κ2) is 21.4. The first-order chi connectivity index (χ1) is 39.4. The van der Waals surface area contributed by atoms with Crippen LogP contribution in [0.1, 0.15) is 90.2 Å².